The third-order valence-corrected chi connectivity index (χ3v) is 11.8. The van der Waals surface area contributed by atoms with Crippen molar-refractivity contribution in [3.05, 3.63) is 104 Å². The second-order valence-electron chi connectivity index (χ2n) is 12.9. The number of nitrogens with zero attached hydrogens (tertiary/aromatic N) is 4. The van der Waals surface area contributed by atoms with Crippen molar-refractivity contribution in [2.24, 2.45) is 0 Å². The monoisotopic (exact) mass is 734 g/mol. The van der Waals surface area contributed by atoms with E-state index in [4.69, 9.17) is 44.5 Å². The van der Waals surface area contributed by atoms with E-state index in [1.54, 1.807) is 24.4 Å². The summed E-state index contributed by atoms with van der Waals surface area (Å²) in [5.74, 6) is -1.23. The maximum absolute atomic E-state index is 15.6. The van der Waals surface area contributed by atoms with Gasteiger partial charge in [-0.25, -0.2) is 13.8 Å². The van der Waals surface area contributed by atoms with Gasteiger partial charge in [0.05, 0.1) is 67.5 Å². The normalized spacial score (nSPS) is 19.0. The number of benzene rings is 3. The first-order valence-corrected chi connectivity index (χ1v) is 17.9. The third kappa shape index (κ3) is 7.06. The predicted molar refractivity (Wildman–Crippen MR) is 188 cm³/mol. The van der Waals surface area contributed by atoms with Gasteiger partial charge in [0.25, 0.3) is 5.91 Å². The van der Waals surface area contributed by atoms with Crippen LogP contribution in [0.3, 0.4) is 0 Å². The highest BCUT2D eigenvalue weighted by molar-refractivity contribution is 7.98. The highest BCUT2D eigenvalue weighted by atomic mass is 35.5. The van der Waals surface area contributed by atoms with E-state index in [0.29, 0.717) is 27.4 Å². The van der Waals surface area contributed by atoms with Crippen molar-refractivity contribution in [1.29, 1.82) is 0 Å². The molecule has 3 saturated heterocycles. The van der Waals surface area contributed by atoms with Crippen molar-refractivity contribution < 1.29 is 22.8 Å². The Morgan fingerprint density at radius 1 is 0.979 bits per heavy atom. The number of carbonyl (C=O) groups excluding carboxylic acids is 1. The Balaban J connectivity index is 1.23. The van der Waals surface area contributed by atoms with E-state index in [1.807, 2.05) is 30.5 Å². The molecular weight excluding hydrogens is 699 g/mol. The van der Waals surface area contributed by atoms with Crippen LogP contribution < -0.4 is 10.1 Å². The first-order valence-electron chi connectivity index (χ1n) is 15.7. The zero-order valence-corrected chi connectivity index (χ0v) is 30.0. The molecule has 3 aliphatic heterocycles. The maximum Gasteiger partial charge on any atom is 0.251 e. The molecule has 3 fully saturated rings. The van der Waals surface area contributed by atoms with Crippen molar-refractivity contribution in [1.82, 2.24) is 19.8 Å². The Labute approximate surface area is 298 Å². The van der Waals surface area contributed by atoms with Crippen LogP contribution >= 0.6 is 46.6 Å². The van der Waals surface area contributed by atoms with E-state index in [0.717, 1.165) is 61.6 Å². The van der Waals surface area contributed by atoms with E-state index in [9.17, 15) is 9.18 Å². The molecule has 3 aromatic carbocycles. The number of ether oxygens (including phenoxy) is 1. The molecule has 0 aliphatic carbocycles. The van der Waals surface area contributed by atoms with Gasteiger partial charge in [-0.05, 0) is 42.0 Å². The van der Waals surface area contributed by atoms with E-state index in [1.165, 1.54) is 37.1 Å². The summed E-state index contributed by atoms with van der Waals surface area (Å²) >= 11 is 20.5. The first-order chi connectivity index (χ1) is 22.9. The minimum Gasteiger partial charge on any atom is -0.494 e. The molecule has 0 unspecified atom stereocenters. The number of quaternary nitrogens is 1. The fraction of sp³-hybridized carbons (Fsp3) is 0.371. The number of rotatable bonds is 11. The van der Waals surface area contributed by atoms with Crippen LogP contribution in [0, 0.1) is 11.6 Å². The SMILES string of the molecule is COc1cc(-n2c(C(C)(C)c3ccc(Cl)c(Cl)c3)cnc2SCc2c(F)cc(C(=O)NCC[N+]34CCN(CC3)CC4)cc2Cl)ccc1F. The summed E-state index contributed by atoms with van der Waals surface area (Å²) < 4.78 is 38.2. The fourth-order valence-electron chi connectivity index (χ4n) is 6.53. The van der Waals surface area contributed by atoms with Crippen LogP contribution in [0.1, 0.15) is 41.0 Å². The smallest absolute Gasteiger partial charge is 0.251 e. The van der Waals surface area contributed by atoms with Crippen LogP contribution in [0.5, 0.6) is 5.75 Å². The molecule has 2 bridgehead atoms. The molecule has 0 atom stereocenters. The molecule has 0 radical (unpaired) electrons. The van der Waals surface area contributed by atoms with Crippen molar-refractivity contribution >= 4 is 52.5 Å². The Morgan fingerprint density at radius 2 is 1.71 bits per heavy atom. The molecule has 7 rings (SSSR count). The number of hydrogen-bond acceptors (Lipinski definition) is 5. The van der Waals surface area contributed by atoms with Crippen LogP contribution in [-0.2, 0) is 11.2 Å². The summed E-state index contributed by atoms with van der Waals surface area (Å²) in [6, 6.07) is 12.7. The lowest BCUT2D eigenvalue weighted by atomic mass is 9.81. The Hall–Kier alpha value is -2.86. The minimum atomic E-state index is -0.633. The molecule has 0 saturated carbocycles. The lowest BCUT2D eigenvalue weighted by molar-refractivity contribution is -0.939. The van der Waals surface area contributed by atoms with Crippen molar-refractivity contribution in [3.63, 3.8) is 0 Å². The number of carbonyl (C=O) groups is 1. The fourth-order valence-corrected chi connectivity index (χ4v) is 8.21. The summed E-state index contributed by atoms with van der Waals surface area (Å²) in [5.41, 5.74) is 2.06. The number of fused-ring (bicyclic) bond motifs is 3. The van der Waals surface area contributed by atoms with Gasteiger partial charge in [-0.15, -0.1) is 0 Å². The molecule has 3 aliphatic rings. The van der Waals surface area contributed by atoms with E-state index < -0.39 is 17.0 Å². The van der Waals surface area contributed by atoms with Gasteiger partial charge >= 0.3 is 0 Å². The summed E-state index contributed by atoms with van der Waals surface area (Å²) in [7, 11) is 1.40. The van der Waals surface area contributed by atoms with Crippen molar-refractivity contribution in [3.8, 4) is 11.4 Å². The molecule has 4 aromatic rings. The van der Waals surface area contributed by atoms with Crippen LogP contribution in [0.4, 0.5) is 8.78 Å². The maximum atomic E-state index is 15.6. The summed E-state index contributed by atoms with van der Waals surface area (Å²) in [6.07, 6.45) is 1.74. The van der Waals surface area contributed by atoms with E-state index in [2.05, 4.69) is 10.2 Å². The number of methoxy groups -OCH3 is 1. The molecule has 4 heterocycles. The lowest BCUT2D eigenvalue weighted by Gasteiger charge is -2.50. The average molecular weight is 736 g/mol. The predicted octanol–water partition coefficient (Wildman–Crippen LogP) is 7.61. The molecule has 1 amide bonds. The van der Waals surface area contributed by atoms with Crippen LogP contribution in [0.2, 0.25) is 15.1 Å². The summed E-state index contributed by atoms with van der Waals surface area (Å²) in [6.45, 7) is 12.0. The van der Waals surface area contributed by atoms with Crippen molar-refractivity contribution in [2.45, 2.75) is 30.2 Å². The molecule has 13 heteroatoms. The van der Waals surface area contributed by atoms with E-state index in [-0.39, 0.29) is 33.6 Å². The number of piperazine rings is 3. The van der Waals surface area contributed by atoms with Crippen LogP contribution in [0.25, 0.3) is 5.69 Å². The standard InChI is InChI=1S/C35H36Cl3F2N5O2S/c1-35(2,23-4-6-26(36)28(38)18-23)32-20-42-34(44(32)24-5-7-29(39)31(19-24)47-3)48-21-25-27(37)16-22(17-30(25)40)33(46)41-8-12-45-13-9-43(10-14-45)11-15-45/h4-7,16-20H,8-15,21H2,1-3H3/p+1. The number of hydrogen-bond donors (Lipinski definition) is 1. The second-order valence-corrected chi connectivity index (χ2v) is 15.0. The van der Waals surface area contributed by atoms with Gasteiger partial charge < -0.3 is 14.5 Å². The topological polar surface area (TPSA) is 59.4 Å². The highest BCUT2D eigenvalue weighted by Gasteiger charge is 2.38. The second kappa shape index (κ2) is 14.2. The number of imidazole rings is 1. The van der Waals surface area contributed by atoms with Gasteiger partial charge in [-0.3, -0.25) is 14.3 Å². The van der Waals surface area contributed by atoms with Gasteiger partial charge in [0.2, 0.25) is 0 Å². The quantitative estimate of drug-likeness (QED) is 0.127. The lowest BCUT2D eigenvalue weighted by Crippen LogP contribution is -2.68. The Bertz CT molecular complexity index is 1810. The molecular formula is C35H37Cl3F2N5O2S+. The van der Waals surface area contributed by atoms with Gasteiger partial charge in [-0.2, -0.15) is 0 Å². The third-order valence-electron chi connectivity index (χ3n) is 9.70. The first kappa shape index (κ1) is 35.0. The number of aromatic nitrogens is 2. The summed E-state index contributed by atoms with van der Waals surface area (Å²) in [5, 5.41) is 4.50. The van der Waals surface area contributed by atoms with Crippen LogP contribution in [-0.4, -0.2) is 84.3 Å². The zero-order chi connectivity index (χ0) is 34.2. The molecule has 0 spiro atoms. The van der Waals surface area contributed by atoms with Crippen LogP contribution in [0.15, 0.2) is 59.9 Å². The molecule has 1 aromatic heterocycles. The number of thioether (sulfide) groups is 1. The molecule has 7 nitrogen and oxygen atoms in total. The zero-order valence-electron chi connectivity index (χ0n) is 27.0. The van der Waals surface area contributed by atoms with Gasteiger partial charge in [0.15, 0.2) is 16.7 Å². The number of amides is 1. The van der Waals surface area contributed by atoms with Gasteiger partial charge in [-0.1, -0.05) is 66.5 Å². The minimum absolute atomic E-state index is 0.0705. The van der Waals surface area contributed by atoms with Crippen molar-refractivity contribution in [2.75, 3.05) is 59.5 Å². The van der Waals surface area contributed by atoms with Gasteiger partial charge in [0, 0.05) is 53.0 Å². The number of halogens is 5. The number of nitrogens with one attached hydrogen (secondary N) is 1. The van der Waals surface area contributed by atoms with E-state index >= 15 is 4.39 Å². The summed E-state index contributed by atoms with van der Waals surface area (Å²) in [4.78, 5) is 20.2. The highest BCUT2D eigenvalue weighted by Crippen LogP contribution is 2.40. The Morgan fingerprint density at radius 3 is 2.38 bits per heavy atom. The largest absolute Gasteiger partial charge is 0.494 e. The Kier molecular flexibility index (Phi) is 10.3. The van der Waals surface area contributed by atoms with Gasteiger partial charge in [0.1, 0.15) is 5.82 Å². The molecule has 48 heavy (non-hydrogen) atoms. The molecule has 1 N–H and O–H groups in total. The average Bonchev–Trinajstić information content (AvgIpc) is 3.51. The molecule has 254 valence electrons.